The summed E-state index contributed by atoms with van der Waals surface area (Å²) in [7, 11) is 3.10. The van der Waals surface area contributed by atoms with Gasteiger partial charge in [0.1, 0.15) is 0 Å². The van der Waals surface area contributed by atoms with E-state index < -0.39 is 5.97 Å². The highest BCUT2D eigenvalue weighted by molar-refractivity contribution is 5.88. The maximum absolute atomic E-state index is 11.9. The number of amides is 1. The summed E-state index contributed by atoms with van der Waals surface area (Å²) in [6, 6.07) is 3.11. The van der Waals surface area contributed by atoms with Gasteiger partial charge in [0.15, 0.2) is 0 Å². The van der Waals surface area contributed by atoms with Crippen molar-refractivity contribution in [1.82, 2.24) is 15.2 Å². The van der Waals surface area contributed by atoms with Gasteiger partial charge in [0, 0.05) is 26.3 Å². The van der Waals surface area contributed by atoms with Crippen LogP contribution in [-0.4, -0.2) is 48.5 Å². The second-order valence-electron chi connectivity index (χ2n) is 4.48. The number of likely N-dealkylation sites (N-methyl/N-ethyl adjacent to an activating group) is 1. The molecule has 1 N–H and O–H groups in total. The lowest BCUT2D eigenvalue weighted by molar-refractivity contribution is -0.131. The van der Waals surface area contributed by atoms with Crippen molar-refractivity contribution in [1.29, 1.82) is 0 Å². The van der Waals surface area contributed by atoms with Gasteiger partial charge in [0.2, 0.25) is 5.91 Å². The maximum atomic E-state index is 11.9. The lowest BCUT2D eigenvalue weighted by Gasteiger charge is -2.20. The lowest BCUT2D eigenvalue weighted by Crippen LogP contribution is -2.42. The molecule has 0 bridgehead atoms. The number of hydrogen-bond donors (Lipinski definition) is 1. The number of nitrogens with zero attached hydrogens (tertiary/aromatic N) is 2. The van der Waals surface area contributed by atoms with Crippen LogP contribution in [0.2, 0.25) is 0 Å². The number of methoxy groups -OCH3 is 1. The monoisotopic (exact) mass is 279 g/mol. The molecule has 0 aliphatic heterocycles. The fraction of sp³-hybridized carbons (Fsp3) is 0.500. The van der Waals surface area contributed by atoms with Gasteiger partial charge in [-0.25, -0.2) is 4.79 Å². The van der Waals surface area contributed by atoms with Crippen molar-refractivity contribution >= 4 is 11.9 Å². The summed E-state index contributed by atoms with van der Waals surface area (Å²) in [5, 5.41) is 3.11. The molecule has 0 saturated carbocycles. The number of nitrogens with one attached hydrogen (secondary N) is 1. The van der Waals surface area contributed by atoms with E-state index in [9.17, 15) is 9.59 Å². The van der Waals surface area contributed by atoms with Crippen molar-refractivity contribution in [3.63, 3.8) is 0 Å². The molecule has 0 spiro atoms. The predicted octanol–water partition coefficient (Wildman–Crippen LogP) is 0.825. The molecular formula is C14H21N3O3. The Kier molecular flexibility index (Phi) is 6.11. The van der Waals surface area contributed by atoms with Crippen molar-refractivity contribution in [3.8, 4) is 0 Å². The largest absolute Gasteiger partial charge is 0.465 e. The first kappa shape index (κ1) is 16.1. The van der Waals surface area contributed by atoms with Crippen LogP contribution in [0.5, 0.6) is 0 Å². The van der Waals surface area contributed by atoms with Crippen LogP contribution in [0.3, 0.4) is 0 Å². The SMILES string of the molecule is CCN(C)C(=O)C(C)NCc1ccc(C(=O)OC)cn1. The summed E-state index contributed by atoms with van der Waals surface area (Å²) in [5.41, 5.74) is 1.17. The van der Waals surface area contributed by atoms with Crippen molar-refractivity contribution in [2.75, 3.05) is 20.7 Å². The summed E-state index contributed by atoms with van der Waals surface area (Å²) in [6.45, 7) is 4.89. The van der Waals surface area contributed by atoms with Crippen molar-refractivity contribution < 1.29 is 14.3 Å². The second-order valence-corrected chi connectivity index (χ2v) is 4.48. The third-order valence-corrected chi connectivity index (χ3v) is 3.06. The molecular weight excluding hydrogens is 258 g/mol. The molecule has 0 aliphatic carbocycles. The number of ether oxygens (including phenoxy) is 1. The zero-order chi connectivity index (χ0) is 15.1. The Morgan fingerprint density at radius 2 is 2.15 bits per heavy atom. The molecule has 1 unspecified atom stereocenters. The average Bonchev–Trinajstić information content (AvgIpc) is 2.50. The minimum absolute atomic E-state index is 0.0404. The zero-order valence-electron chi connectivity index (χ0n) is 12.3. The van der Waals surface area contributed by atoms with E-state index in [1.807, 2.05) is 13.8 Å². The topological polar surface area (TPSA) is 71.5 Å². The molecule has 1 aromatic rings. The zero-order valence-corrected chi connectivity index (χ0v) is 12.3. The molecule has 110 valence electrons. The third kappa shape index (κ3) is 4.31. The van der Waals surface area contributed by atoms with E-state index in [4.69, 9.17) is 0 Å². The standard InChI is InChI=1S/C14H21N3O3/c1-5-17(3)13(18)10(2)15-9-12-7-6-11(8-16-12)14(19)20-4/h6-8,10,15H,5,9H2,1-4H3. The molecule has 20 heavy (non-hydrogen) atoms. The summed E-state index contributed by atoms with van der Waals surface area (Å²) in [6.07, 6.45) is 1.47. The van der Waals surface area contributed by atoms with Crippen molar-refractivity contribution in [3.05, 3.63) is 29.6 Å². The van der Waals surface area contributed by atoms with E-state index in [-0.39, 0.29) is 11.9 Å². The minimum Gasteiger partial charge on any atom is -0.465 e. The van der Waals surface area contributed by atoms with Gasteiger partial charge in [-0.05, 0) is 26.0 Å². The second kappa shape index (κ2) is 7.59. The normalized spacial score (nSPS) is 11.8. The first-order chi connectivity index (χ1) is 9.49. The molecule has 1 atom stereocenters. The number of pyridine rings is 1. The Bertz CT molecular complexity index is 459. The lowest BCUT2D eigenvalue weighted by atomic mass is 10.2. The van der Waals surface area contributed by atoms with Crippen LogP contribution in [0.4, 0.5) is 0 Å². The fourth-order valence-electron chi connectivity index (χ4n) is 1.60. The Morgan fingerprint density at radius 3 is 2.65 bits per heavy atom. The number of carbonyl (C=O) groups excluding carboxylic acids is 2. The van der Waals surface area contributed by atoms with Crippen molar-refractivity contribution in [2.45, 2.75) is 26.4 Å². The molecule has 0 saturated heterocycles. The van der Waals surface area contributed by atoms with Gasteiger partial charge in [-0.3, -0.25) is 9.78 Å². The van der Waals surface area contributed by atoms with E-state index in [0.717, 1.165) is 5.69 Å². The molecule has 6 nitrogen and oxygen atoms in total. The van der Waals surface area contributed by atoms with Crippen LogP contribution in [0, 0.1) is 0 Å². The number of esters is 1. The van der Waals surface area contributed by atoms with E-state index >= 15 is 0 Å². The van der Waals surface area contributed by atoms with E-state index in [1.54, 1.807) is 24.1 Å². The fourth-order valence-corrected chi connectivity index (χ4v) is 1.60. The van der Waals surface area contributed by atoms with Crippen LogP contribution in [-0.2, 0) is 16.1 Å². The van der Waals surface area contributed by atoms with Crippen LogP contribution in [0.1, 0.15) is 29.9 Å². The van der Waals surface area contributed by atoms with Crippen LogP contribution in [0.15, 0.2) is 18.3 Å². The molecule has 0 fully saturated rings. The molecule has 1 rings (SSSR count). The highest BCUT2D eigenvalue weighted by Gasteiger charge is 2.15. The Labute approximate surface area is 119 Å². The Hall–Kier alpha value is -1.95. The molecule has 0 aliphatic rings. The highest BCUT2D eigenvalue weighted by Crippen LogP contribution is 2.02. The number of carbonyl (C=O) groups is 2. The Morgan fingerprint density at radius 1 is 1.45 bits per heavy atom. The summed E-state index contributed by atoms with van der Waals surface area (Å²) < 4.78 is 4.60. The van der Waals surface area contributed by atoms with E-state index in [1.165, 1.54) is 13.3 Å². The van der Waals surface area contributed by atoms with Gasteiger partial charge < -0.3 is 15.0 Å². The quantitative estimate of drug-likeness (QED) is 0.781. The van der Waals surface area contributed by atoms with E-state index in [0.29, 0.717) is 18.7 Å². The number of rotatable bonds is 6. The minimum atomic E-state index is -0.412. The van der Waals surface area contributed by atoms with Gasteiger partial charge in [-0.1, -0.05) is 0 Å². The molecule has 1 aromatic heterocycles. The summed E-state index contributed by atoms with van der Waals surface area (Å²) in [4.78, 5) is 28.9. The van der Waals surface area contributed by atoms with Gasteiger partial charge >= 0.3 is 5.97 Å². The summed E-state index contributed by atoms with van der Waals surface area (Å²) in [5.74, 6) is -0.371. The molecule has 1 amide bonds. The molecule has 6 heteroatoms. The van der Waals surface area contributed by atoms with Gasteiger partial charge in [-0.2, -0.15) is 0 Å². The number of hydrogen-bond acceptors (Lipinski definition) is 5. The van der Waals surface area contributed by atoms with Gasteiger partial charge in [0.05, 0.1) is 24.4 Å². The van der Waals surface area contributed by atoms with Crippen LogP contribution in [0.25, 0.3) is 0 Å². The van der Waals surface area contributed by atoms with Crippen LogP contribution < -0.4 is 5.32 Å². The van der Waals surface area contributed by atoms with Gasteiger partial charge in [0.25, 0.3) is 0 Å². The van der Waals surface area contributed by atoms with Gasteiger partial charge in [-0.15, -0.1) is 0 Å². The Balaban J connectivity index is 2.53. The predicted molar refractivity (Wildman–Crippen MR) is 75.2 cm³/mol. The average molecular weight is 279 g/mol. The third-order valence-electron chi connectivity index (χ3n) is 3.06. The first-order valence-corrected chi connectivity index (χ1v) is 6.51. The first-order valence-electron chi connectivity index (χ1n) is 6.51. The highest BCUT2D eigenvalue weighted by atomic mass is 16.5. The number of aromatic nitrogens is 1. The molecule has 0 aromatic carbocycles. The van der Waals surface area contributed by atoms with Crippen molar-refractivity contribution in [2.24, 2.45) is 0 Å². The van der Waals surface area contributed by atoms with Crippen LogP contribution >= 0.6 is 0 Å². The van der Waals surface area contributed by atoms with E-state index in [2.05, 4.69) is 15.0 Å². The summed E-state index contributed by atoms with van der Waals surface area (Å²) >= 11 is 0. The maximum Gasteiger partial charge on any atom is 0.339 e. The molecule has 0 radical (unpaired) electrons. The smallest absolute Gasteiger partial charge is 0.339 e. The molecule has 1 heterocycles.